The fraction of sp³-hybridized carbons (Fsp3) is 0.207. The molecular weight excluding hydrogens is 470 g/mol. The van der Waals surface area contributed by atoms with Crippen LogP contribution in [0.5, 0.6) is 5.75 Å². The SMILES string of the molecule is CC1Oc2ccc(-c3csc(-c4ccccc4)n3)cc2N(CC(=O)Nc2ccc(C(C)C)cc2)C1=O. The van der Waals surface area contributed by atoms with Crippen LogP contribution in [0.3, 0.4) is 0 Å². The summed E-state index contributed by atoms with van der Waals surface area (Å²) in [5, 5.41) is 5.82. The van der Waals surface area contributed by atoms with E-state index in [4.69, 9.17) is 9.72 Å². The van der Waals surface area contributed by atoms with Crippen LogP contribution in [0.2, 0.25) is 0 Å². The van der Waals surface area contributed by atoms with Gasteiger partial charge in [0.05, 0.1) is 11.4 Å². The zero-order chi connectivity index (χ0) is 25.2. The van der Waals surface area contributed by atoms with E-state index < -0.39 is 6.10 Å². The first-order chi connectivity index (χ1) is 17.4. The maximum atomic E-state index is 13.0. The highest BCUT2D eigenvalue weighted by molar-refractivity contribution is 7.13. The van der Waals surface area contributed by atoms with Gasteiger partial charge in [0.1, 0.15) is 17.3 Å². The summed E-state index contributed by atoms with van der Waals surface area (Å²) in [6.45, 7) is 5.83. The second-order valence-electron chi connectivity index (χ2n) is 9.10. The normalized spacial score (nSPS) is 14.9. The van der Waals surface area contributed by atoms with Crippen LogP contribution in [0.1, 0.15) is 32.3 Å². The van der Waals surface area contributed by atoms with Crippen LogP contribution >= 0.6 is 11.3 Å². The largest absolute Gasteiger partial charge is 0.479 e. The lowest BCUT2D eigenvalue weighted by molar-refractivity contribution is -0.127. The summed E-state index contributed by atoms with van der Waals surface area (Å²) in [5.74, 6) is 0.451. The number of carbonyl (C=O) groups excluding carboxylic acids is 2. The Kier molecular flexibility index (Phi) is 6.57. The molecule has 0 bridgehead atoms. The summed E-state index contributed by atoms with van der Waals surface area (Å²) < 4.78 is 5.83. The molecule has 0 spiro atoms. The molecule has 1 unspecified atom stereocenters. The Morgan fingerprint density at radius 1 is 1.06 bits per heavy atom. The lowest BCUT2D eigenvalue weighted by Crippen LogP contribution is -2.47. The number of rotatable bonds is 6. The maximum Gasteiger partial charge on any atom is 0.268 e. The molecule has 36 heavy (non-hydrogen) atoms. The van der Waals surface area contributed by atoms with Gasteiger partial charge in [-0.2, -0.15) is 0 Å². The van der Waals surface area contributed by atoms with Crippen LogP contribution in [0.25, 0.3) is 21.8 Å². The Morgan fingerprint density at radius 3 is 2.53 bits per heavy atom. The average molecular weight is 498 g/mol. The van der Waals surface area contributed by atoms with E-state index in [1.54, 1.807) is 18.3 Å². The number of anilines is 2. The van der Waals surface area contributed by atoms with E-state index in [1.807, 2.05) is 78.2 Å². The number of benzene rings is 3. The lowest BCUT2D eigenvalue weighted by Gasteiger charge is -2.32. The molecule has 0 saturated heterocycles. The molecule has 0 radical (unpaired) electrons. The Morgan fingerprint density at radius 2 is 1.81 bits per heavy atom. The summed E-state index contributed by atoms with van der Waals surface area (Å²) in [6.07, 6.45) is -0.676. The van der Waals surface area contributed by atoms with E-state index in [0.717, 1.165) is 21.8 Å². The fourth-order valence-corrected chi connectivity index (χ4v) is 4.98. The molecule has 182 valence electrons. The third kappa shape index (κ3) is 4.88. The quantitative estimate of drug-likeness (QED) is 0.337. The highest BCUT2D eigenvalue weighted by Crippen LogP contribution is 2.38. The third-order valence-electron chi connectivity index (χ3n) is 6.15. The van der Waals surface area contributed by atoms with Crippen molar-refractivity contribution in [2.75, 3.05) is 16.8 Å². The Labute approximate surface area is 214 Å². The highest BCUT2D eigenvalue weighted by atomic mass is 32.1. The van der Waals surface area contributed by atoms with Gasteiger partial charge in [-0.05, 0) is 48.7 Å². The first-order valence-electron chi connectivity index (χ1n) is 11.9. The molecule has 1 aliphatic rings. The molecule has 2 amide bonds. The minimum absolute atomic E-state index is 0.110. The molecule has 1 aliphatic heterocycles. The summed E-state index contributed by atoms with van der Waals surface area (Å²) in [4.78, 5) is 32.2. The summed E-state index contributed by atoms with van der Waals surface area (Å²) >= 11 is 1.56. The van der Waals surface area contributed by atoms with Crippen LogP contribution < -0.4 is 15.0 Å². The molecule has 1 N–H and O–H groups in total. The van der Waals surface area contributed by atoms with Crippen LogP contribution in [0.15, 0.2) is 78.2 Å². The number of carbonyl (C=O) groups is 2. The molecule has 2 heterocycles. The van der Waals surface area contributed by atoms with Crippen molar-refractivity contribution in [2.24, 2.45) is 0 Å². The van der Waals surface area contributed by atoms with Crippen LogP contribution in [0, 0.1) is 0 Å². The first-order valence-corrected chi connectivity index (χ1v) is 12.8. The predicted octanol–water partition coefficient (Wildman–Crippen LogP) is 6.35. The number of aromatic nitrogens is 1. The van der Waals surface area contributed by atoms with E-state index in [2.05, 4.69) is 19.2 Å². The summed E-state index contributed by atoms with van der Waals surface area (Å²) in [6, 6.07) is 23.4. The number of nitrogens with zero attached hydrogens (tertiary/aromatic N) is 2. The summed E-state index contributed by atoms with van der Waals surface area (Å²) in [7, 11) is 0. The van der Waals surface area contributed by atoms with E-state index in [1.165, 1.54) is 10.5 Å². The van der Waals surface area contributed by atoms with Crippen molar-refractivity contribution in [3.63, 3.8) is 0 Å². The minimum Gasteiger partial charge on any atom is -0.479 e. The van der Waals surface area contributed by atoms with Gasteiger partial charge in [0, 0.05) is 22.2 Å². The Balaban J connectivity index is 1.39. The van der Waals surface area contributed by atoms with Crippen molar-refractivity contribution in [1.29, 1.82) is 0 Å². The van der Waals surface area contributed by atoms with E-state index in [-0.39, 0.29) is 18.4 Å². The zero-order valence-electron chi connectivity index (χ0n) is 20.4. The maximum absolute atomic E-state index is 13.0. The van der Waals surface area contributed by atoms with Gasteiger partial charge >= 0.3 is 0 Å². The number of thiazole rings is 1. The third-order valence-corrected chi connectivity index (χ3v) is 7.04. The molecule has 1 atom stereocenters. The number of nitrogens with one attached hydrogen (secondary N) is 1. The van der Waals surface area contributed by atoms with Crippen LogP contribution in [-0.2, 0) is 9.59 Å². The smallest absolute Gasteiger partial charge is 0.268 e. The number of amides is 2. The molecule has 0 fully saturated rings. The van der Waals surface area contributed by atoms with Gasteiger partial charge in [0.15, 0.2) is 6.10 Å². The molecule has 0 aliphatic carbocycles. The number of fused-ring (bicyclic) bond motifs is 1. The van der Waals surface area contributed by atoms with Gasteiger partial charge < -0.3 is 10.1 Å². The Hall–Kier alpha value is -3.97. The number of hydrogen-bond donors (Lipinski definition) is 1. The van der Waals surface area contributed by atoms with Crippen LogP contribution in [0.4, 0.5) is 11.4 Å². The number of ether oxygens (including phenoxy) is 1. The minimum atomic E-state index is -0.676. The van der Waals surface area contributed by atoms with E-state index >= 15 is 0 Å². The van der Waals surface area contributed by atoms with E-state index in [9.17, 15) is 9.59 Å². The second-order valence-corrected chi connectivity index (χ2v) is 9.95. The predicted molar refractivity (Wildman–Crippen MR) is 145 cm³/mol. The molecule has 7 heteroatoms. The number of hydrogen-bond acceptors (Lipinski definition) is 5. The molecule has 1 aromatic heterocycles. The molecule has 3 aromatic carbocycles. The standard InChI is InChI=1S/C29H27N3O3S/c1-18(2)20-9-12-23(13-10-20)30-27(33)16-32-25-15-22(11-14-26(25)35-19(3)29(32)34)24-17-36-28(31-24)21-7-5-4-6-8-21/h4-15,17-19H,16H2,1-3H3,(H,30,33). The lowest BCUT2D eigenvalue weighted by atomic mass is 10.0. The average Bonchev–Trinajstić information content (AvgIpc) is 3.38. The van der Waals surface area contributed by atoms with Gasteiger partial charge in [-0.3, -0.25) is 14.5 Å². The van der Waals surface area contributed by atoms with Crippen LogP contribution in [-0.4, -0.2) is 29.4 Å². The first kappa shape index (κ1) is 23.8. The molecular formula is C29H27N3O3S. The Bertz CT molecular complexity index is 1400. The van der Waals surface area contributed by atoms with Crippen molar-refractivity contribution in [1.82, 2.24) is 4.98 Å². The van der Waals surface area contributed by atoms with Gasteiger partial charge in [-0.15, -0.1) is 11.3 Å². The molecule has 4 aromatic rings. The van der Waals surface area contributed by atoms with Crippen molar-refractivity contribution in [2.45, 2.75) is 32.8 Å². The molecule has 0 saturated carbocycles. The molecule has 6 nitrogen and oxygen atoms in total. The zero-order valence-corrected chi connectivity index (χ0v) is 21.2. The van der Waals surface area contributed by atoms with Gasteiger partial charge in [-0.25, -0.2) is 4.98 Å². The van der Waals surface area contributed by atoms with E-state index in [0.29, 0.717) is 23.0 Å². The fourth-order valence-electron chi connectivity index (χ4n) is 4.14. The van der Waals surface area contributed by atoms with Gasteiger partial charge in [0.25, 0.3) is 5.91 Å². The van der Waals surface area contributed by atoms with Crippen molar-refractivity contribution in [3.05, 3.63) is 83.7 Å². The summed E-state index contributed by atoms with van der Waals surface area (Å²) in [5.41, 5.74) is 5.18. The van der Waals surface area contributed by atoms with Gasteiger partial charge in [0.2, 0.25) is 5.91 Å². The van der Waals surface area contributed by atoms with Crippen molar-refractivity contribution < 1.29 is 14.3 Å². The highest BCUT2D eigenvalue weighted by Gasteiger charge is 2.33. The monoisotopic (exact) mass is 497 g/mol. The van der Waals surface area contributed by atoms with Gasteiger partial charge in [-0.1, -0.05) is 56.3 Å². The topological polar surface area (TPSA) is 71.5 Å². The molecule has 5 rings (SSSR count). The second kappa shape index (κ2) is 9.95. The van der Waals surface area contributed by atoms with Crippen molar-refractivity contribution >= 4 is 34.5 Å². The van der Waals surface area contributed by atoms with Crippen molar-refractivity contribution in [3.8, 4) is 27.6 Å².